The Labute approximate surface area is 160 Å². The average Bonchev–Trinajstić information content (AvgIpc) is 3.19. The van der Waals surface area contributed by atoms with Crippen molar-refractivity contribution in [1.82, 2.24) is 15.1 Å². The molecule has 26 heavy (non-hydrogen) atoms. The third-order valence-electron chi connectivity index (χ3n) is 4.60. The Morgan fingerprint density at radius 3 is 2.96 bits per heavy atom. The van der Waals surface area contributed by atoms with Crippen LogP contribution >= 0.6 is 22.9 Å². The van der Waals surface area contributed by atoms with Gasteiger partial charge in [-0.15, -0.1) is 11.3 Å². The minimum Gasteiger partial charge on any atom is -0.343 e. The zero-order valence-electron chi connectivity index (χ0n) is 14.1. The summed E-state index contributed by atoms with van der Waals surface area (Å²) in [7, 11) is 0. The highest BCUT2D eigenvalue weighted by molar-refractivity contribution is 7.14. The zero-order valence-corrected chi connectivity index (χ0v) is 15.7. The van der Waals surface area contributed by atoms with Crippen molar-refractivity contribution in [3.8, 4) is 11.3 Å². The fourth-order valence-electron chi connectivity index (χ4n) is 3.31. The van der Waals surface area contributed by atoms with E-state index >= 15 is 0 Å². The molecule has 1 aliphatic heterocycles. The van der Waals surface area contributed by atoms with E-state index < -0.39 is 0 Å². The molecule has 0 saturated carbocycles. The normalized spacial score (nSPS) is 14.2. The Balaban J connectivity index is 1.62. The number of thiophene rings is 1. The molecule has 4 rings (SSSR count). The molecular weight excluding hydrogens is 368 g/mol. The van der Waals surface area contributed by atoms with Crippen LogP contribution in [0.25, 0.3) is 11.3 Å². The van der Waals surface area contributed by atoms with Crippen molar-refractivity contribution in [1.29, 1.82) is 0 Å². The number of halogens is 1. The lowest BCUT2D eigenvalue weighted by atomic mass is 10.1. The van der Waals surface area contributed by atoms with Gasteiger partial charge in [0.2, 0.25) is 0 Å². The number of hydrogen-bond acceptors (Lipinski definition) is 4. The van der Waals surface area contributed by atoms with Crippen molar-refractivity contribution in [2.75, 3.05) is 6.54 Å². The van der Waals surface area contributed by atoms with Crippen LogP contribution in [0.3, 0.4) is 0 Å². The number of benzene rings is 1. The fraction of sp³-hybridized carbons (Fsp3) is 0.263. The van der Waals surface area contributed by atoms with Crippen LogP contribution < -0.4 is 11.1 Å². The summed E-state index contributed by atoms with van der Waals surface area (Å²) in [5, 5.41) is 8.02. The maximum absolute atomic E-state index is 12.8. The molecule has 1 atom stereocenters. The molecule has 1 amide bonds. The molecule has 7 heteroatoms. The number of aryl methyl sites for hydroxylation is 2. The number of nitrogens with one attached hydrogen (secondary N) is 1. The highest BCUT2D eigenvalue weighted by Gasteiger charge is 2.24. The van der Waals surface area contributed by atoms with Gasteiger partial charge in [0.25, 0.3) is 5.91 Å². The van der Waals surface area contributed by atoms with E-state index in [1.54, 1.807) is 6.20 Å². The molecule has 0 unspecified atom stereocenters. The molecule has 2 aromatic heterocycles. The van der Waals surface area contributed by atoms with E-state index in [1.165, 1.54) is 16.2 Å². The minimum atomic E-state index is -0.209. The highest BCUT2D eigenvalue weighted by atomic mass is 35.5. The van der Waals surface area contributed by atoms with Crippen molar-refractivity contribution >= 4 is 28.8 Å². The van der Waals surface area contributed by atoms with E-state index in [0.717, 1.165) is 36.2 Å². The van der Waals surface area contributed by atoms with Crippen molar-refractivity contribution in [3.63, 3.8) is 0 Å². The number of carbonyl (C=O) groups is 1. The maximum Gasteiger partial charge on any atom is 0.261 e. The van der Waals surface area contributed by atoms with Crippen LogP contribution in [-0.2, 0) is 13.0 Å². The number of hydrogen-bond donors (Lipinski definition) is 2. The smallest absolute Gasteiger partial charge is 0.261 e. The average molecular weight is 387 g/mol. The van der Waals surface area contributed by atoms with Crippen molar-refractivity contribution < 1.29 is 4.79 Å². The first-order chi connectivity index (χ1) is 12.7. The summed E-state index contributed by atoms with van der Waals surface area (Å²) in [6, 6.07) is 11.5. The Hall–Kier alpha value is -2.15. The number of aromatic nitrogens is 2. The largest absolute Gasteiger partial charge is 0.343 e. The summed E-state index contributed by atoms with van der Waals surface area (Å²) in [4.78, 5) is 14.7. The van der Waals surface area contributed by atoms with Gasteiger partial charge in [-0.3, -0.25) is 9.48 Å². The van der Waals surface area contributed by atoms with Crippen molar-refractivity contribution in [2.45, 2.75) is 25.4 Å². The molecule has 3 N–H and O–H groups in total. The molecule has 5 nitrogen and oxygen atoms in total. The summed E-state index contributed by atoms with van der Waals surface area (Å²) < 4.78 is 1.93. The maximum atomic E-state index is 12.8. The lowest BCUT2D eigenvalue weighted by molar-refractivity contribution is 0.0942. The summed E-state index contributed by atoms with van der Waals surface area (Å²) in [6.07, 6.45) is 3.57. The summed E-state index contributed by atoms with van der Waals surface area (Å²) in [5.74, 6) is -0.107. The number of nitrogens with zero attached hydrogens (tertiary/aromatic N) is 2. The lowest BCUT2D eigenvalue weighted by Crippen LogP contribution is -2.32. The second kappa shape index (κ2) is 7.23. The Kier molecular flexibility index (Phi) is 4.80. The van der Waals surface area contributed by atoms with Crippen molar-refractivity contribution in [3.05, 3.63) is 62.9 Å². The van der Waals surface area contributed by atoms with Crippen LogP contribution in [-0.4, -0.2) is 22.2 Å². The number of nitrogens with two attached hydrogens (primary N) is 1. The van der Waals surface area contributed by atoms with E-state index in [1.807, 2.05) is 41.1 Å². The summed E-state index contributed by atoms with van der Waals surface area (Å²) in [5.41, 5.74) is 8.81. The number of fused-ring (bicyclic) bond motifs is 3. The number of carbonyl (C=O) groups excluding carboxylic acids is 1. The molecule has 134 valence electrons. The molecule has 3 aromatic rings. The van der Waals surface area contributed by atoms with Crippen LogP contribution in [0.4, 0.5) is 0 Å². The molecule has 0 spiro atoms. The second-order valence-corrected chi connectivity index (χ2v) is 7.83. The van der Waals surface area contributed by atoms with Gasteiger partial charge in [0.05, 0.1) is 27.8 Å². The molecule has 3 heterocycles. The van der Waals surface area contributed by atoms with E-state index in [2.05, 4.69) is 10.4 Å². The standard InChI is InChI=1S/C19H19ClN4OS/c20-14-11-22-24-8-4-7-16-13(18(14)24)9-17(26-16)19(25)23-15(10-21)12-5-2-1-3-6-12/h1-3,5-6,9,11,15H,4,7-8,10,21H2,(H,23,25)/t15-/m1/s1. The predicted octanol–water partition coefficient (Wildman–Crippen LogP) is 3.64. The summed E-state index contributed by atoms with van der Waals surface area (Å²) >= 11 is 7.87. The molecule has 1 aliphatic rings. The lowest BCUT2D eigenvalue weighted by Gasteiger charge is -2.16. The minimum absolute atomic E-state index is 0.107. The zero-order chi connectivity index (χ0) is 18.1. The molecule has 1 aromatic carbocycles. The third kappa shape index (κ3) is 3.16. The van der Waals surface area contributed by atoms with Gasteiger partial charge in [0.1, 0.15) is 0 Å². The topological polar surface area (TPSA) is 72.9 Å². The molecule has 0 bridgehead atoms. The third-order valence-corrected chi connectivity index (χ3v) is 6.07. The first-order valence-electron chi connectivity index (χ1n) is 8.57. The monoisotopic (exact) mass is 386 g/mol. The molecule has 0 saturated heterocycles. The van der Waals surface area contributed by atoms with E-state index in [4.69, 9.17) is 17.3 Å². The Morgan fingerprint density at radius 1 is 1.38 bits per heavy atom. The van der Waals surface area contributed by atoms with E-state index in [9.17, 15) is 4.79 Å². The van der Waals surface area contributed by atoms with Gasteiger partial charge >= 0.3 is 0 Å². The SMILES string of the molecule is NC[C@@H](NC(=O)c1cc2c(s1)CCCn1ncc(Cl)c1-2)c1ccccc1. The van der Waals surface area contributed by atoms with Crippen LogP contribution in [0.15, 0.2) is 42.6 Å². The number of rotatable bonds is 4. The van der Waals surface area contributed by atoms with Gasteiger partial charge in [0, 0.05) is 23.5 Å². The van der Waals surface area contributed by atoms with Gasteiger partial charge in [-0.05, 0) is 24.5 Å². The van der Waals surface area contributed by atoms with Gasteiger partial charge in [-0.25, -0.2) is 0 Å². The first-order valence-corrected chi connectivity index (χ1v) is 9.77. The Morgan fingerprint density at radius 2 is 2.19 bits per heavy atom. The molecule has 0 fully saturated rings. The Bertz CT molecular complexity index is 934. The van der Waals surface area contributed by atoms with Crippen LogP contribution in [0, 0.1) is 0 Å². The van der Waals surface area contributed by atoms with Gasteiger partial charge in [0.15, 0.2) is 0 Å². The molecular formula is C19H19ClN4OS. The highest BCUT2D eigenvalue weighted by Crippen LogP contribution is 2.38. The molecule has 0 radical (unpaired) electrons. The first kappa shape index (κ1) is 17.3. The predicted molar refractivity (Wildman–Crippen MR) is 105 cm³/mol. The number of amides is 1. The van der Waals surface area contributed by atoms with E-state index in [-0.39, 0.29) is 11.9 Å². The van der Waals surface area contributed by atoms with Crippen molar-refractivity contribution in [2.24, 2.45) is 5.73 Å². The fourth-order valence-corrected chi connectivity index (χ4v) is 4.66. The van der Waals surface area contributed by atoms with Crippen LogP contribution in [0.1, 0.15) is 32.6 Å². The molecule has 0 aliphatic carbocycles. The van der Waals surface area contributed by atoms with E-state index in [0.29, 0.717) is 16.4 Å². The summed E-state index contributed by atoms with van der Waals surface area (Å²) in [6.45, 7) is 1.19. The van der Waals surface area contributed by atoms with Crippen LogP contribution in [0.5, 0.6) is 0 Å². The van der Waals surface area contributed by atoms with Gasteiger partial charge < -0.3 is 11.1 Å². The second-order valence-electron chi connectivity index (χ2n) is 6.29. The van der Waals surface area contributed by atoms with Gasteiger partial charge in [-0.1, -0.05) is 41.9 Å². The quantitative estimate of drug-likeness (QED) is 0.718. The van der Waals surface area contributed by atoms with Gasteiger partial charge in [-0.2, -0.15) is 5.10 Å². The van der Waals surface area contributed by atoms with Crippen LogP contribution in [0.2, 0.25) is 5.02 Å².